The third-order valence-electron chi connectivity index (χ3n) is 6.07. The highest BCUT2D eigenvalue weighted by Gasteiger charge is 2.42. The second-order valence-corrected chi connectivity index (χ2v) is 10.9. The Kier molecular flexibility index (Phi) is 8.24. The number of hydrogen-bond donors (Lipinski definition) is 0. The van der Waals surface area contributed by atoms with Crippen LogP contribution in [-0.4, -0.2) is 65.5 Å². The fourth-order valence-electron chi connectivity index (χ4n) is 4.25. The molecular formula is C24H33F3N2O3S. The van der Waals surface area contributed by atoms with Crippen LogP contribution in [0.25, 0.3) is 0 Å². The second-order valence-electron chi connectivity index (χ2n) is 9.77. The van der Waals surface area contributed by atoms with E-state index in [1.165, 1.54) is 0 Å². The van der Waals surface area contributed by atoms with E-state index in [-0.39, 0.29) is 19.2 Å². The Balaban J connectivity index is 1.44. The Labute approximate surface area is 198 Å². The number of fused-ring (bicyclic) bond motifs is 1. The van der Waals surface area contributed by atoms with Crippen molar-refractivity contribution in [1.82, 2.24) is 9.80 Å². The van der Waals surface area contributed by atoms with Crippen molar-refractivity contribution >= 4 is 23.8 Å². The van der Waals surface area contributed by atoms with Gasteiger partial charge in [0.15, 0.2) is 0 Å². The molecule has 0 N–H and O–H groups in total. The van der Waals surface area contributed by atoms with E-state index in [1.807, 2.05) is 32.9 Å². The third-order valence-corrected chi connectivity index (χ3v) is 7.10. The molecule has 0 bridgehead atoms. The zero-order valence-corrected chi connectivity index (χ0v) is 20.4. The van der Waals surface area contributed by atoms with Gasteiger partial charge in [-0.15, -0.1) is 11.8 Å². The van der Waals surface area contributed by atoms with Gasteiger partial charge in [0.25, 0.3) is 0 Å². The minimum atomic E-state index is -4.82. The van der Waals surface area contributed by atoms with Crippen LogP contribution < -0.4 is 0 Å². The maximum absolute atomic E-state index is 12.8. The lowest BCUT2D eigenvalue weighted by molar-refractivity contribution is -0.185. The lowest BCUT2D eigenvalue weighted by atomic mass is 9.95. The predicted molar refractivity (Wildman–Crippen MR) is 122 cm³/mol. The molecule has 0 unspecified atom stereocenters. The molecule has 1 saturated heterocycles. The highest BCUT2D eigenvalue weighted by Crippen LogP contribution is 2.29. The number of amides is 2. The van der Waals surface area contributed by atoms with Gasteiger partial charge in [-0.1, -0.05) is 6.07 Å². The van der Waals surface area contributed by atoms with Crippen molar-refractivity contribution in [1.29, 1.82) is 0 Å². The average Bonchev–Trinajstić information content (AvgIpc) is 2.94. The third kappa shape index (κ3) is 7.55. The van der Waals surface area contributed by atoms with E-state index in [2.05, 4.69) is 6.07 Å². The van der Waals surface area contributed by atoms with Crippen molar-refractivity contribution in [2.75, 3.05) is 31.9 Å². The van der Waals surface area contributed by atoms with E-state index in [9.17, 15) is 22.8 Å². The van der Waals surface area contributed by atoms with Crippen molar-refractivity contribution in [2.45, 2.75) is 69.5 Å². The van der Waals surface area contributed by atoms with Crippen molar-refractivity contribution in [2.24, 2.45) is 5.92 Å². The molecule has 1 aromatic rings. The number of carbonyl (C=O) groups is 2. The predicted octanol–water partition coefficient (Wildman–Crippen LogP) is 5.31. The lowest BCUT2D eigenvalue weighted by Gasteiger charge is -2.33. The summed E-state index contributed by atoms with van der Waals surface area (Å²) in [5.41, 5.74) is 1.57. The van der Waals surface area contributed by atoms with Crippen molar-refractivity contribution in [3.8, 4) is 0 Å². The second kappa shape index (κ2) is 10.6. The average molecular weight is 487 g/mol. The van der Waals surface area contributed by atoms with Gasteiger partial charge >= 0.3 is 18.2 Å². The molecule has 0 spiro atoms. The van der Waals surface area contributed by atoms with E-state index in [0.29, 0.717) is 18.8 Å². The Bertz CT molecular complexity index is 846. The molecule has 2 aliphatic heterocycles. The topological polar surface area (TPSA) is 49.9 Å². The van der Waals surface area contributed by atoms with Crippen LogP contribution >= 0.6 is 11.8 Å². The van der Waals surface area contributed by atoms with Gasteiger partial charge in [-0.3, -0.25) is 4.79 Å². The van der Waals surface area contributed by atoms with Gasteiger partial charge in [0, 0.05) is 31.1 Å². The van der Waals surface area contributed by atoms with Crippen LogP contribution in [0.5, 0.6) is 0 Å². The van der Waals surface area contributed by atoms with Gasteiger partial charge in [-0.05, 0) is 87.8 Å². The van der Waals surface area contributed by atoms with Gasteiger partial charge in [-0.2, -0.15) is 13.2 Å². The van der Waals surface area contributed by atoms with Crippen LogP contribution in [-0.2, 0) is 22.4 Å². The molecule has 33 heavy (non-hydrogen) atoms. The highest BCUT2D eigenvalue weighted by molar-refractivity contribution is 7.99. The molecule has 0 atom stereocenters. The quantitative estimate of drug-likeness (QED) is 0.542. The molecule has 3 rings (SSSR count). The smallest absolute Gasteiger partial charge is 0.444 e. The van der Waals surface area contributed by atoms with Gasteiger partial charge in [-0.25, -0.2) is 4.79 Å². The molecule has 184 valence electrons. The summed E-state index contributed by atoms with van der Waals surface area (Å²) in [7, 11) is 0. The van der Waals surface area contributed by atoms with Crippen molar-refractivity contribution in [3.63, 3.8) is 0 Å². The van der Waals surface area contributed by atoms with Gasteiger partial charge in [0.2, 0.25) is 0 Å². The fraction of sp³-hybridized carbons (Fsp3) is 0.667. The summed E-state index contributed by atoms with van der Waals surface area (Å²) < 4.78 is 43.7. The Morgan fingerprint density at radius 1 is 1.00 bits per heavy atom. The monoisotopic (exact) mass is 486 g/mol. The van der Waals surface area contributed by atoms with E-state index >= 15 is 0 Å². The van der Waals surface area contributed by atoms with Gasteiger partial charge in [0.05, 0.1) is 0 Å². The molecule has 2 heterocycles. The van der Waals surface area contributed by atoms with Crippen molar-refractivity contribution < 1.29 is 27.5 Å². The van der Waals surface area contributed by atoms with Crippen LogP contribution in [0.2, 0.25) is 0 Å². The first-order valence-corrected chi connectivity index (χ1v) is 12.5. The van der Waals surface area contributed by atoms with E-state index < -0.39 is 17.7 Å². The Hall–Kier alpha value is -1.90. The van der Waals surface area contributed by atoms with Gasteiger partial charge < -0.3 is 14.5 Å². The minimum absolute atomic E-state index is 0.0929. The van der Waals surface area contributed by atoms with E-state index in [4.69, 9.17) is 4.74 Å². The molecule has 1 fully saturated rings. The number of likely N-dealkylation sites (tertiary alicyclic amines) is 1. The standard InChI is InChI=1S/C24H33F3N2O3S/c1-23(2,3)32-22(31)29-11-6-17(7-12-29)10-15-33-20-5-4-18-8-13-28(14-9-19(18)16-20)21(30)24(25,26)27/h4-5,16-17H,6-15H2,1-3H3. The number of thioether (sulfide) groups is 1. The molecule has 1 aromatic carbocycles. The molecule has 0 aromatic heterocycles. The Morgan fingerprint density at radius 3 is 2.24 bits per heavy atom. The summed E-state index contributed by atoms with van der Waals surface area (Å²) in [6.07, 6.45) is -1.19. The summed E-state index contributed by atoms with van der Waals surface area (Å²) in [5.74, 6) is -0.226. The largest absolute Gasteiger partial charge is 0.471 e. The zero-order valence-electron chi connectivity index (χ0n) is 19.5. The number of ether oxygens (including phenoxy) is 1. The number of halogens is 3. The first-order chi connectivity index (χ1) is 15.4. The first-order valence-electron chi connectivity index (χ1n) is 11.5. The fourth-order valence-corrected chi connectivity index (χ4v) is 5.32. The molecular weight excluding hydrogens is 453 g/mol. The van der Waals surface area contributed by atoms with Crippen LogP contribution in [0.3, 0.4) is 0 Å². The maximum Gasteiger partial charge on any atom is 0.471 e. The molecule has 2 amide bonds. The first kappa shape index (κ1) is 25.7. The molecule has 5 nitrogen and oxygen atoms in total. The number of carbonyl (C=O) groups excluding carboxylic acids is 2. The molecule has 0 aliphatic carbocycles. The summed E-state index contributed by atoms with van der Waals surface area (Å²) in [5, 5.41) is 0. The normalized spacial score (nSPS) is 18.0. The molecule has 0 saturated carbocycles. The molecule has 9 heteroatoms. The number of piperidine rings is 1. The lowest BCUT2D eigenvalue weighted by Crippen LogP contribution is -2.42. The van der Waals surface area contributed by atoms with Crippen molar-refractivity contribution in [3.05, 3.63) is 29.3 Å². The maximum atomic E-state index is 12.8. The molecule has 0 radical (unpaired) electrons. The van der Waals surface area contributed by atoms with Crippen LogP contribution in [0.1, 0.15) is 51.2 Å². The minimum Gasteiger partial charge on any atom is -0.444 e. The highest BCUT2D eigenvalue weighted by atomic mass is 32.2. The van der Waals surface area contributed by atoms with E-state index in [1.54, 1.807) is 16.7 Å². The summed E-state index contributed by atoms with van der Waals surface area (Å²) in [4.78, 5) is 27.6. The van der Waals surface area contributed by atoms with Crippen LogP contribution in [0, 0.1) is 5.92 Å². The van der Waals surface area contributed by atoms with Crippen LogP contribution in [0.4, 0.5) is 18.0 Å². The number of nitrogens with zero attached hydrogens (tertiary/aromatic N) is 2. The number of benzene rings is 1. The Morgan fingerprint density at radius 2 is 1.64 bits per heavy atom. The molecule has 2 aliphatic rings. The number of rotatable bonds is 4. The number of alkyl halides is 3. The van der Waals surface area contributed by atoms with Crippen LogP contribution in [0.15, 0.2) is 23.1 Å². The summed E-state index contributed by atoms with van der Waals surface area (Å²) in [6, 6.07) is 6.07. The van der Waals surface area contributed by atoms with E-state index in [0.717, 1.165) is 59.0 Å². The SMILES string of the molecule is CC(C)(C)OC(=O)N1CCC(CCSc2ccc3c(c2)CCN(C(=O)C(F)(F)F)CC3)CC1. The summed E-state index contributed by atoms with van der Waals surface area (Å²) in [6.45, 7) is 7.24. The summed E-state index contributed by atoms with van der Waals surface area (Å²) >= 11 is 1.75. The number of hydrogen-bond acceptors (Lipinski definition) is 4. The zero-order chi connectivity index (χ0) is 24.2. The van der Waals surface area contributed by atoms with Gasteiger partial charge in [0.1, 0.15) is 5.60 Å².